The second kappa shape index (κ2) is 5.84. The summed E-state index contributed by atoms with van der Waals surface area (Å²) in [6, 6.07) is 12.5. The highest BCUT2D eigenvalue weighted by Gasteiger charge is 2.15. The lowest BCUT2D eigenvalue weighted by Crippen LogP contribution is -1.94. The molecule has 3 heterocycles. The number of benzene rings is 1. The second-order valence-corrected chi connectivity index (χ2v) is 5.76. The predicted molar refractivity (Wildman–Crippen MR) is 94.8 cm³/mol. The van der Waals surface area contributed by atoms with Crippen LogP contribution < -0.4 is 0 Å². The van der Waals surface area contributed by atoms with E-state index in [1.807, 2.05) is 37.4 Å². The molecule has 0 radical (unpaired) electrons. The topological polar surface area (TPSA) is 34.5 Å². The van der Waals surface area contributed by atoms with E-state index < -0.39 is 0 Å². The fourth-order valence-corrected chi connectivity index (χ4v) is 2.88. The van der Waals surface area contributed by atoms with Crippen molar-refractivity contribution in [1.82, 2.24) is 14.4 Å². The number of pyridine rings is 2. The molecule has 0 fully saturated rings. The molecule has 5 heteroatoms. The van der Waals surface area contributed by atoms with Crippen LogP contribution in [0.3, 0.4) is 0 Å². The Morgan fingerprint density at radius 3 is 2.80 bits per heavy atom. The highest BCUT2D eigenvalue weighted by atomic mass is 19.1. The first-order chi connectivity index (χ1) is 12.2. The molecule has 3 aromatic heterocycles. The Hall–Kier alpha value is -3.52. The summed E-state index contributed by atoms with van der Waals surface area (Å²) in [5.74, 6) is 0.125. The summed E-state index contributed by atoms with van der Waals surface area (Å²) in [5, 5.41) is 0. The van der Waals surface area contributed by atoms with Gasteiger partial charge < -0.3 is 4.85 Å². The Bertz CT molecular complexity index is 1140. The van der Waals surface area contributed by atoms with Gasteiger partial charge in [-0.2, -0.15) is 0 Å². The third kappa shape index (κ3) is 2.54. The molecule has 4 rings (SSSR count). The number of hydrogen-bond donors (Lipinski definition) is 0. The van der Waals surface area contributed by atoms with Crippen molar-refractivity contribution in [3.8, 4) is 22.4 Å². The molecule has 0 amide bonds. The van der Waals surface area contributed by atoms with Crippen molar-refractivity contribution in [2.75, 3.05) is 0 Å². The Labute approximate surface area is 144 Å². The maximum Gasteiger partial charge on any atom is 0.254 e. The molecule has 0 aliphatic carbocycles. The predicted octanol–water partition coefficient (Wildman–Crippen LogP) is 5.06. The zero-order chi connectivity index (χ0) is 17.4. The van der Waals surface area contributed by atoms with Crippen molar-refractivity contribution in [3.05, 3.63) is 83.9 Å². The zero-order valence-corrected chi connectivity index (χ0v) is 13.4. The molecule has 4 aromatic rings. The molecule has 0 unspecified atom stereocenters. The molecule has 0 aliphatic rings. The smallest absolute Gasteiger partial charge is 0.254 e. The molecule has 0 saturated carbocycles. The van der Waals surface area contributed by atoms with Gasteiger partial charge in [-0.3, -0.25) is 4.98 Å². The Morgan fingerprint density at radius 1 is 1.08 bits per heavy atom. The average molecular weight is 328 g/mol. The minimum absolute atomic E-state index is 0.309. The minimum atomic E-state index is -0.309. The molecule has 1 aromatic carbocycles. The first-order valence-electron chi connectivity index (χ1n) is 7.74. The molecule has 4 nitrogen and oxygen atoms in total. The lowest BCUT2D eigenvalue weighted by molar-refractivity contribution is 0.630. The maximum absolute atomic E-state index is 14.4. The average Bonchev–Trinajstić information content (AvgIpc) is 3.06. The van der Waals surface area contributed by atoms with E-state index in [0.29, 0.717) is 22.7 Å². The fraction of sp³-hybridized carbons (Fsp3) is 0.0500. The summed E-state index contributed by atoms with van der Waals surface area (Å²) in [6.07, 6.45) is 5.03. The van der Waals surface area contributed by atoms with Crippen molar-refractivity contribution in [1.29, 1.82) is 0 Å². The van der Waals surface area contributed by atoms with Crippen molar-refractivity contribution >= 4 is 11.5 Å². The molecular formula is C20H13FN4. The van der Waals surface area contributed by atoms with Crippen LogP contribution in [0.4, 0.5) is 10.2 Å². The van der Waals surface area contributed by atoms with E-state index in [1.54, 1.807) is 22.7 Å². The van der Waals surface area contributed by atoms with E-state index in [4.69, 9.17) is 6.57 Å². The van der Waals surface area contributed by atoms with Crippen molar-refractivity contribution in [3.63, 3.8) is 0 Å². The van der Waals surface area contributed by atoms with Crippen LogP contribution in [-0.4, -0.2) is 14.4 Å². The monoisotopic (exact) mass is 328 g/mol. The van der Waals surface area contributed by atoms with Crippen LogP contribution in [0.15, 0.2) is 61.1 Å². The first-order valence-corrected chi connectivity index (χ1v) is 7.74. The fourth-order valence-electron chi connectivity index (χ4n) is 2.88. The van der Waals surface area contributed by atoms with E-state index in [2.05, 4.69) is 14.8 Å². The van der Waals surface area contributed by atoms with Gasteiger partial charge in [-0.1, -0.05) is 24.3 Å². The molecule has 120 valence electrons. The Kier molecular flexibility index (Phi) is 3.51. The van der Waals surface area contributed by atoms with E-state index in [0.717, 1.165) is 16.7 Å². The van der Waals surface area contributed by atoms with Crippen LogP contribution >= 0.6 is 0 Å². The van der Waals surface area contributed by atoms with Gasteiger partial charge in [0.2, 0.25) is 5.65 Å². The van der Waals surface area contributed by atoms with Gasteiger partial charge in [-0.15, -0.1) is 0 Å². The van der Waals surface area contributed by atoms with Gasteiger partial charge in [-0.25, -0.2) is 13.8 Å². The summed E-state index contributed by atoms with van der Waals surface area (Å²) in [4.78, 5) is 12.1. The lowest BCUT2D eigenvalue weighted by Gasteiger charge is -2.10. The van der Waals surface area contributed by atoms with Crippen LogP contribution in [0.1, 0.15) is 5.56 Å². The molecule has 0 aliphatic heterocycles. The van der Waals surface area contributed by atoms with Gasteiger partial charge in [0.15, 0.2) is 0 Å². The third-order valence-corrected chi connectivity index (χ3v) is 4.10. The van der Waals surface area contributed by atoms with Crippen molar-refractivity contribution < 1.29 is 4.39 Å². The van der Waals surface area contributed by atoms with Crippen molar-refractivity contribution in [2.45, 2.75) is 6.92 Å². The van der Waals surface area contributed by atoms with Gasteiger partial charge in [0.05, 0.1) is 18.1 Å². The number of halogens is 1. The number of fused-ring (bicyclic) bond motifs is 1. The molecular weight excluding hydrogens is 315 g/mol. The highest BCUT2D eigenvalue weighted by molar-refractivity contribution is 5.81. The van der Waals surface area contributed by atoms with E-state index >= 15 is 0 Å². The summed E-state index contributed by atoms with van der Waals surface area (Å²) in [5.41, 5.74) is 4.35. The first kappa shape index (κ1) is 15.0. The van der Waals surface area contributed by atoms with E-state index in [-0.39, 0.29) is 5.82 Å². The van der Waals surface area contributed by atoms with Gasteiger partial charge in [-0.05, 0) is 31.2 Å². The van der Waals surface area contributed by atoms with Gasteiger partial charge >= 0.3 is 0 Å². The number of hydrogen-bond acceptors (Lipinski definition) is 2. The minimum Gasteiger partial charge on any atom is -0.362 e. The Balaban J connectivity index is 1.96. The molecule has 0 saturated heterocycles. The van der Waals surface area contributed by atoms with Crippen molar-refractivity contribution in [2.24, 2.45) is 0 Å². The number of aryl methyl sites for hydroxylation is 1. The molecule has 0 spiro atoms. The highest BCUT2D eigenvalue weighted by Crippen LogP contribution is 2.33. The van der Waals surface area contributed by atoms with Crippen LogP contribution in [0.2, 0.25) is 0 Å². The SMILES string of the molecule is [C-]#[N+]c1cnc2ccc(-c3cccnc3-c3cc(C)ccc3F)cn12. The maximum atomic E-state index is 14.4. The third-order valence-electron chi connectivity index (χ3n) is 4.10. The van der Waals surface area contributed by atoms with Gasteiger partial charge in [0, 0.05) is 29.0 Å². The summed E-state index contributed by atoms with van der Waals surface area (Å²) in [7, 11) is 0. The van der Waals surface area contributed by atoms with E-state index in [1.165, 1.54) is 12.3 Å². The molecule has 25 heavy (non-hydrogen) atoms. The van der Waals surface area contributed by atoms with Crippen LogP contribution in [0.5, 0.6) is 0 Å². The molecule has 0 bridgehead atoms. The molecule has 0 atom stereocenters. The van der Waals surface area contributed by atoms with Crippen LogP contribution in [0.25, 0.3) is 32.9 Å². The quantitative estimate of drug-likeness (QED) is 0.482. The summed E-state index contributed by atoms with van der Waals surface area (Å²) in [6.45, 7) is 9.17. The number of nitrogens with zero attached hydrogens (tertiary/aromatic N) is 4. The largest absolute Gasteiger partial charge is 0.362 e. The van der Waals surface area contributed by atoms with Crippen LogP contribution in [0, 0.1) is 19.3 Å². The Morgan fingerprint density at radius 2 is 1.96 bits per heavy atom. The van der Waals surface area contributed by atoms with Gasteiger partial charge in [0.25, 0.3) is 5.82 Å². The normalized spacial score (nSPS) is 10.8. The summed E-state index contributed by atoms with van der Waals surface area (Å²) < 4.78 is 16.1. The molecule has 0 N–H and O–H groups in total. The lowest BCUT2D eigenvalue weighted by atomic mass is 9.99. The number of aromatic nitrogens is 3. The van der Waals surface area contributed by atoms with E-state index in [9.17, 15) is 4.39 Å². The second-order valence-electron chi connectivity index (χ2n) is 5.76. The van der Waals surface area contributed by atoms with Crippen LogP contribution in [-0.2, 0) is 0 Å². The summed E-state index contributed by atoms with van der Waals surface area (Å²) >= 11 is 0. The number of rotatable bonds is 2. The van der Waals surface area contributed by atoms with Gasteiger partial charge in [0.1, 0.15) is 5.82 Å². The zero-order valence-electron chi connectivity index (χ0n) is 13.4. The number of imidazole rings is 1. The standard InChI is InChI=1S/C20H13FN4/c1-13-5-7-17(21)16(10-13)20-15(4-3-9-23-20)14-6-8-18-24-11-19(22-2)25(18)12-14/h3-12H,1H3.